The number of ether oxygens (including phenoxy) is 3. The van der Waals surface area contributed by atoms with Gasteiger partial charge in [0.15, 0.2) is 5.78 Å². The topological polar surface area (TPSA) is 158 Å². The van der Waals surface area contributed by atoms with Crippen molar-refractivity contribution in [2.45, 2.75) is 152 Å². The Bertz CT molecular complexity index is 1790. The zero-order valence-electron chi connectivity index (χ0n) is 32.5. The second-order valence-corrected chi connectivity index (χ2v) is 19.2. The van der Waals surface area contributed by atoms with E-state index in [-0.39, 0.29) is 60.9 Å². The summed E-state index contributed by atoms with van der Waals surface area (Å²) in [5, 5.41) is 53.8. The lowest BCUT2D eigenvalue weighted by Crippen LogP contribution is -2.69. The van der Waals surface area contributed by atoms with Crippen LogP contribution in [-0.2, 0) is 23.8 Å². The minimum Gasteiger partial charge on any atom is -0.387 e. The number of methoxy groups -OCH3 is 1. The molecule has 16 atom stereocenters. The molecule has 11 heteroatoms. The third-order valence-corrected chi connectivity index (χ3v) is 17.0. The number of nitrogens with one attached hydrogen (secondary N) is 1. The van der Waals surface area contributed by atoms with Gasteiger partial charge in [0.25, 0.3) is 0 Å². The number of rotatable bonds is 5. The molecule has 5 aliphatic heterocycles. The molecule has 0 aromatic heterocycles. The molecule has 7 bridgehead atoms. The molecule has 10 aliphatic rings. The average Bonchev–Trinajstić information content (AvgIpc) is 3.77. The maximum Gasteiger partial charge on any atom is 0.244 e. The number of hydrogen-bond donors (Lipinski definition) is 5. The van der Waals surface area contributed by atoms with Gasteiger partial charge in [-0.25, -0.2) is 0 Å². The average molecular weight is 747 g/mol. The molecule has 5 aliphatic carbocycles. The van der Waals surface area contributed by atoms with Crippen LogP contribution in [0.3, 0.4) is 0 Å². The SMILES string of the molecule is COCCCOC1CCC2(C)C(C1)C(=O)C=C1C3(O)CCC45C#CCC6(CC7C(C)C(OC7C(O)N6)C(O)C4(C)O)C(=O)N4CC4CC#CC12CCC35C. The van der Waals surface area contributed by atoms with E-state index >= 15 is 0 Å². The highest BCUT2D eigenvalue weighted by atomic mass is 16.5. The minimum absolute atomic E-state index is 0.0206. The Morgan fingerprint density at radius 1 is 1.02 bits per heavy atom. The fraction of sp³-hybridized carbons (Fsp3) is 0.814. The highest BCUT2D eigenvalue weighted by Gasteiger charge is 2.79. The molecule has 294 valence electrons. The van der Waals surface area contributed by atoms with Crippen molar-refractivity contribution in [2.24, 2.45) is 39.4 Å². The van der Waals surface area contributed by atoms with Gasteiger partial charge in [-0.15, -0.1) is 11.8 Å². The Kier molecular flexibility index (Phi) is 8.35. The number of carbonyl (C=O) groups is 2. The van der Waals surface area contributed by atoms with Crippen LogP contribution in [0.15, 0.2) is 11.6 Å². The van der Waals surface area contributed by atoms with Gasteiger partial charge < -0.3 is 39.5 Å². The van der Waals surface area contributed by atoms with Crippen LogP contribution in [0.5, 0.6) is 0 Å². The van der Waals surface area contributed by atoms with E-state index in [9.17, 15) is 30.0 Å². The number of allylic oxidation sites excluding steroid dienone is 1. The van der Waals surface area contributed by atoms with E-state index < -0.39 is 62.9 Å². The summed E-state index contributed by atoms with van der Waals surface area (Å²) in [6.45, 7) is 9.48. The molecule has 10 rings (SSSR count). The summed E-state index contributed by atoms with van der Waals surface area (Å²) in [5.74, 6) is 13.1. The highest BCUT2D eigenvalue weighted by molar-refractivity contribution is 5.96. The van der Waals surface area contributed by atoms with Gasteiger partial charge in [0, 0.05) is 51.0 Å². The molecule has 3 spiro atoms. The summed E-state index contributed by atoms with van der Waals surface area (Å²) >= 11 is 0. The van der Waals surface area contributed by atoms with Crippen LogP contribution in [-0.4, -0.2) is 117 Å². The largest absolute Gasteiger partial charge is 0.387 e. The zero-order chi connectivity index (χ0) is 38.3. The summed E-state index contributed by atoms with van der Waals surface area (Å²) in [6.07, 6.45) is 2.72. The molecule has 16 unspecified atom stereocenters. The molecular weight excluding hydrogens is 688 g/mol. The molecule has 5 heterocycles. The van der Waals surface area contributed by atoms with Crippen molar-refractivity contribution in [2.75, 3.05) is 26.9 Å². The predicted octanol–water partition coefficient (Wildman–Crippen LogP) is 2.23. The third kappa shape index (κ3) is 4.56. The smallest absolute Gasteiger partial charge is 0.244 e. The van der Waals surface area contributed by atoms with E-state index in [1.54, 1.807) is 20.1 Å². The Hall–Kier alpha value is -2.32. The standard InChI is InChI=1S/C43H58N2O9/c1-25-28-23-41-12-7-13-42(39(4,50)34(47)32(25)54-33(28)35(48)44-41)17-18-43(51)31-22-30(46)29-21-27(53-20-8-19-52-5)10-14-37(29,2)40(31,16-15-38(42,43)3)11-6-9-26-24-45(26)36(41)49/h22,25-29,32-35,44,47-48,50-51H,8-10,12,14-21,23-24H2,1-5H3. The maximum atomic E-state index is 14.7. The molecule has 3 saturated carbocycles. The predicted molar refractivity (Wildman–Crippen MR) is 196 cm³/mol. The summed E-state index contributed by atoms with van der Waals surface area (Å²) < 4.78 is 18.0. The Labute approximate surface area is 318 Å². The van der Waals surface area contributed by atoms with Crippen LogP contribution in [0.4, 0.5) is 0 Å². The first-order valence-corrected chi connectivity index (χ1v) is 20.5. The van der Waals surface area contributed by atoms with E-state index in [1.807, 2.05) is 18.7 Å². The van der Waals surface area contributed by atoms with Crippen molar-refractivity contribution in [3.8, 4) is 23.7 Å². The van der Waals surface area contributed by atoms with E-state index in [0.29, 0.717) is 63.9 Å². The molecule has 54 heavy (non-hydrogen) atoms. The van der Waals surface area contributed by atoms with Crippen molar-refractivity contribution < 1.29 is 44.2 Å². The normalized spacial score (nSPS) is 53.9. The number of piperidine rings is 1. The lowest BCUT2D eigenvalue weighted by atomic mass is 9.38. The first kappa shape index (κ1) is 37.3. The van der Waals surface area contributed by atoms with Crippen molar-refractivity contribution in [1.29, 1.82) is 0 Å². The van der Waals surface area contributed by atoms with Crippen molar-refractivity contribution in [3.05, 3.63) is 11.6 Å². The van der Waals surface area contributed by atoms with Crippen LogP contribution in [0, 0.1) is 63.1 Å². The third-order valence-electron chi connectivity index (χ3n) is 17.0. The number of carbonyl (C=O) groups excluding carboxylic acids is 2. The zero-order valence-corrected chi connectivity index (χ0v) is 32.5. The molecule has 1 amide bonds. The first-order chi connectivity index (χ1) is 25.5. The lowest BCUT2D eigenvalue weighted by Gasteiger charge is -2.66. The van der Waals surface area contributed by atoms with Crippen LogP contribution in [0.2, 0.25) is 0 Å². The van der Waals surface area contributed by atoms with Gasteiger partial charge in [-0.3, -0.25) is 14.9 Å². The maximum absolute atomic E-state index is 14.7. The number of amides is 1. The summed E-state index contributed by atoms with van der Waals surface area (Å²) in [5.41, 5.74) is -7.96. The van der Waals surface area contributed by atoms with Crippen LogP contribution >= 0.6 is 0 Å². The summed E-state index contributed by atoms with van der Waals surface area (Å²) in [6, 6.07) is -0.103. The second kappa shape index (κ2) is 12.1. The molecule has 3 saturated heterocycles. The second-order valence-electron chi connectivity index (χ2n) is 19.2. The minimum atomic E-state index is -1.89. The van der Waals surface area contributed by atoms with E-state index in [4.69, 9.17) is 14.2 Å². The number of aliphatic hydroxyl groups is 4. The monoisotopic (exact) mass is 746 g/mol. The van der Waals surface area contributed by atoms with Crippen molar-refractivity contribution in [3.63, 3.8) is 0 Å². The van der Waals surface area contributed by atoms with Gasteiger partial charge in [0.2, 0.25) is 5.91 Å². The van der Waals surface area contributed by atoms with E-state index in [0.717, 1.165) is 12.8 Å². The van der Waals surface area contributed by atoms with Gasteiger partial charge in [-0.2, -0.15) is 0 Å². The van der Waals surface area contributed by atoms with Crippen LogP contribution < -0.4 is 5.32 Å². The number of ketones is 1. The summed E-state index contributed by atoms with van der Waals surface area (Å²) in [7, 11) is 1.68. The Morgan fingerprint density at radius 3 is 2.59 bits per heavy atom. The van der Waals surface area contributed by atoms with Gasteiger partial charge in [0.05, 0.1) is 34.7 Å². The number of aliphatic hydroxyl groups excluding tert-OH is 2. The lowest BCUT2D eigenvalue weighted by molar-refractivity contribution is -0.227. The highest BCUT2D eigenvalue weighted by Crippen LogP contribution is 2.76. The van der Waals surface area contributed by atoms with Gasteiger partial charge in [0.1, 0.15) is 29.6 Å². The molecule has 5 N–H and O–H groups in total. The van der Waals surface area contributed by atoms with E-state index in [1.165, 1.54) is 0 Å². The van der Waals surface area contributed by atoms with Gasteiger partial charge >= 0.3 is 0 Å². The number of hydrogen-bond acceptors (Lipinski definition) is 10. The van der Waals surface area contributed by atoms with E-state index in [2.05, 4.69) is 35.9 Å². The Balaban J connectivity index is 1.22. The molecule has 6 fully saturated rings. The fourth-order valence-corrected chi connectivity index (χ4v) is 13.6. The number of fused-ring (bicyclic) bond motifs is 4. The van der Waals surface area contributed by atoms with Crippen LogP contribution in [0.25, 0.3) is 0 Å². The van der Waals surface area contributed by atoms with Crippen LogP contribution in [0.1, 0.15) is 98.3 Å². The summed E-state index contributed by atoms with van der Waals surface area (Å²) in [4.78, 5) is 31.0. The molecule has 0 aromatic carbocycles. The van der Waals surface area contributed by atoms with Crippen molar-refractivity contribution in [1.82, 2.24) is 10.2 Å². The molecule has 0 aromatic rings. The van der Waals surface area contributed by atoms with Gasteiger partial charge in [-0.05, 0) is 93.6 Å². The molecule has 11 nitrogen and oxygen atoms in total. The quantitative estimate of drug-likeness (QED) is 0.161. The Morgan fingerprint density at radius 2 is 1.81 bits per heavy atom. The van der Waals surface area contributed by atoms with Crippen molar-refractivity contribution >= 4 is 11.7 Å². The van der Waals surface area contributed by atoms with Gasteiger partial charge in [-0.1, -0.05) is 32.6 Å². The first-order valence-electron chi connectivity index (χ1n) is 20.5. The fourth-order valence-electron chi connectivity index (χ4n) is 13.6. The number of nitrogens with zero attached hydrogens (tertiary/aromatic N) is 1. The molecule has 0 radical (unpaired) electrons. The molecular formula is C43H58N2O9.